The van der Waals surface area contributed by atoms with Gasteiger partial charge in [0.15, 0.2) is 0 Å². The van der Waals surface area contributed by atoms with Gasteiger partial charge in [-0.05, 0) is 30.5 Å². The second kappa shape index (κ2) is 5.23. The van der Waals surface area contributed by atoms with Gasteiger partial charge in [0.05, 0.1) is 5.02 Å². The van der Waals surface area contributed by atoms with E-state index in [0.29, 0.717) is 16.7 Å². The molecule has 1 aromatic carbocycles. The van der Waals surface area contributed by atoms with E-state index in [1.165, 1.54) is 0 Å². The molecule has 1 heterocycles. The number of halogens is 1. The Bertz CT molecular complexity index is 476. The van der Waals surface area contributed by atoms with E-state index in [-0.39, 0.29) is 0 Å². The number of hydrogen-bond donors (Lipinski definition) is 0. The molecule has 0 N–H and O–H groups in total. The third-order valence-electron chi connectivity index (χ3n) is 1.94. The number of thioether (sulfide) groups is 1. The Labute approximate surface area is 104 Å². The summed E-state index contributed by atoms with van der Waals surface area (Å²) in [5.74, 6) is 1.12. The summed E-state index contributed by atoms with van der Waals surface area (Å²) < 4.78 is 5.54. The van der Waals surface area contributed by atoms with Crippen molar-refractivity contribution >= 4 is 23.4 Å². The van der Waals surface area contributed by atoms with Crippen LogP contribution in [0.25, 0.3) is 0 Å². The Hall–Kier alpha value is -1.19. The van der Waals surface area contributed by atoms with Crippen molar-refractivity contribution in [2.24, 2.45) is 0 Å². The van der Waals surface area contributed by atoms with E-state index >= 15 is 0 Å². The third kappa shape index (κ3) is 2.68. The Kier molecular flexibility index (Phi) is 3.70. The highest BCUT2D eigenvalue weighted by molar-refractivity contribution is 7.98. The van der Waals surface area contributed by atoms with Gasteiger partial charge in [-0.2, -0.15) is 0 Å². The number of hydrogen-bond acceptors (Lipinski definition) is 3. The van der Waals surface area contributed by atoms with Crippen LogP contribution in [-0.2, 0) is 0 Å². The summed E-state index contributed by atoms with van der Waals surface area (Å²) in [5.41, 5.74) is 0. The molecule has 0 aliphatic rings. The molecular weight excluding hydrogens is 242 g/mol. The second-order valence-corrected chi connectivity index (χ2v) is 4.28. The molecule has 16 heavy (non-hydrogen) atoms. The van der Waals surface area contributed by atoms with Crippen LogP contribution in [0.4, 0.5) is 0 Å². The number of benzene rings is 1. The summed E-state index contributed by atoms with van der Waals surface area (Å²) in [6, 6.07) is 12.0. The minimum absolute atomic E-state index is 0.512. The number of rotatable bonds is 3. The monoisotopic (exact) mass is 250 g/mol. The highest BCUT2D eigenvalue weighted by Gasteiger charge is 2.04. The van der Waals surface area contributed by atoms with Crippen LogP contribution in [0.2, 0.25) is 5.02 Å². The lowest BCUT2D eigenvalue weighted by Crippen LogP contribution is -1.87. The molecule has 0 aliphatic carbocycles. The number of ether oxygens (including phenoxy) is 1. The van der Waals surface area contributed by atoms with Gasteiger partial charge >= 0.3 is 0 Å². The van der Waals surface area contributed by atoms with Crippen LogP contribution in [0, 0.1) is 6.07 Å². The summed E-state index contributed by atoms with van der Waals surface area (Å²) in [6.07, 6.45) is 3.56. The van der Waals surface area contributed by atoms with Crippen molar-refractivity contribution in [3.05, 3.63) is 47.6 Å². The van der Waals surface area contributed by atoms with E-state index in [9.17, 15) is 0 Å². The largest absolute Gasteiger partial charge is 0.437 e. The van der Waals surface area contributed by atoms with Crippen LogP contribution >= 0.6 is 23.4 Å². The van der Waals surface area contributed by atoms with Crippen molar-refractivity contribution in [1.82, 2.24) is 4.98 Å². The van der Waals surface area contributed by atoms with Gasteiger partial charge in [0.2, 0.25) is 5.88 Å². The second-order valence-electron chi connectivity index (χ2n) is 2.99. The summed E-state index contributed by atoms with van der Waals surface area (Å²) in [5, 5.41) is 0.585. The zero-order valence-electron chi connectivity index (χ0n) is 8.61. The van der Waals surface area contributed by atoms with Gasteiger partial charge < -0.3 is 4.74 Å². The quantitative estimate of drug-likeness (QED) is 0.768. The topological polar surface area (TPSA) is 22.1 Å². The van der Waals surface area contributed by atoms with Crippen molar-refractivity contribution < 1.29 is 4.74 Å². The fourth-order valence-electron chi connectivity index (χ4n) is 1.17. The summed E-state index contributed by atoms with van der Waals surface area (Å²) in [6.45, 7) is 0. The first kappa shape index (κ1) is 11.3. The van der Waals surface area contributed by atoms with E-state index in [0.717, 1.165) is 4.90 Å². The van der Waals surface area contributed by atoms with Gasteiger partial charge in [0.1, 0.15) is 5.75 Å². The standard InChI is InChI=1S/C12H9ClNOS/c1-16-9-5-6-11(10(13)8-9)15-12-4-2-3-7-14-12/h2,4-8H,1H3. The van der Waals surface area contributed by atoms with Crippen LogP contribution in [0.5, 0.6) is 11.6 Å². The fourth-order valence-corrected chi connectivity index (χ4v) is 1.89. The molecule has 0 fully saturated rings. The average Bonchev–Trinajstić information content (AvgIpc) is 2.33. The highest BCUT2D eigenvalue weighted by Crippen LogP contribution is 2.31. The van der Waals surface area contributed by atoms with E-state index in [2.05, 4.69) is 11.1 Å². The smallest absolute Gasteiger partial charge is 0.219 e. The first-order valence-electron chi connectivity index (χ1n) is 4.63. The average molecular weight is 251 g/mol. The maximum absolute atomic E-state index is 6.08. The van der Waals surface area contributed by atoms with Gasteiger partial charge in [-0.3, -0.25) is 0 Å². The molecule has 2 rings (SSSR count). The molecular formula is C12H9ClNOS. The predicted octanol–water partition coefficient (Wildman–Crippen LogP) is 4.05. The van der Waals surface area contributed by atoms with Crippen LogP contribution in [0.15, 0.2) is 41.4 Å². The van der Waals surface area contributed by atoms with Crippen molar-refractivity contribution in [2.45, 2.75) is 4.90 Å². The SMILES string of the molecule is CSc1ccc(Oc2cc[c]cn2)c(Cl)c1. The molecule has 2 nitrogen and oxygen atoms in total. The summed E-state index contributed by atoms with van der Waals surface area (Å²) >= 11 is 7.72. The van der Waals surface area contributed by atoms with Gasteiger partial charge in [-0.1, -0.05) is 11.6 Å². The number of nitrogens with zero attached hydrogens (tertiary/aromatic N) is 1. The maximum atomic E-state index is 6.08. The molecule has 4 heteroatoms. The van der Waals surface area contributed by atoms with Crippen molar-refractivity contribution in [2.75, 3.05) is 6.26 Å². The molecule has 0 saturated carbocycles. The molecule has 0 amide bonds. The predicted molar refractivity (Wildman–Crippen MR) is 66.4 cm³/mol. The molecule has 2 aromatic rings. The third-order valence-corrected chi connectivity index (χ3v) is 2.96. The lowest BCUT2D eigenvalue weighted by molar-refractivity contribution is 0.463. The Morgan fingerprint density at radius 1 is 1.38 bits per heavy atom. The van der Waals surface area contributed by atoms with Crippen LogP contribution < -0.4 is 4.74 Å². The van der Waals surface area contributed by atoms with Crippen LogP contribution in [-0.4, -0.2) is 11.2 Å². The van der Waals surface area contributed by atoms with Crippen LogP contribution in [0.1, 0.15) is 0 Å². The fraction of sp³-hybridized carbons (Fsp3) is 0.0833. The Morgan fingerprint density at radius 3 is 2.88 bits per heavy atom. The van der Waals surface area contributed by atoms with E-state index < -0.39 is 0 Å². The normalized spacial score (nSPS) is 10.1. The number of pyridine rings is 1. The molecule has 0 unspecified atom stereocenters. The van der Waals surface area contributed by atoms with Gasteiger partial charge in [0, 0.05) is 23.2 Å². The van der Waals surface area contributed by atoms with Gasteiger partial charge in [0.25, 0.3) is 0 Å². The van der Waals surface area contributed by atoms with Crippen molar-refractivity contribution in [3.8, 4) is 11.6 Å². The molecule has 0 spiro atoms. The maximum Gasteiger partial charge on any atom is 0.219 e. The Balaban J connectivity index is 2.22. The van der Waals surface area contributed by atoms with E-state index in [1.807, 2.05) is 24.5 Å². The molecule has 0 saturated heterocycles. The minimum atomic E-state index is 0.512. The Morgan fingerprint density at radius 2 is 2.25 bits per heavy atom. The lowest BCUT2D eigenvalue weighted by atomic mass is 10.3. The zero-order chi connectivity index (χ0) is 11.4. The number of aromatic nitrogens is 1. The molecule has 81 valence electrons. The van der Waals surface area contributed by atoms with Crippen molar-refractivity contribution in [1.29, 1.82) is 0 Å². The first-order chi connectivity index (χ1) is 7.79. The van der Waals surface area contributed by atoms with Gasteiger partial charge in [-0.15, -0.1) is 11.8 Å². The molecule has 1 aromatic heterocycles. The lowest BCUT2D eigenvalue weighted by Gasteiger charge is -2.07. The first-order valence-corrected chi connectivity index (χ1v) is 6.23. The molecule has 0 atom stereocenters. The summed E-state index contributed by atoms with van der Waals surface area (Å²) in [4.78, 5) is 5.12. The summed E-state index contributed by atoms with van der Waals surface area (Å²) in [7, 11) is 0. The molecule has 1 radical (unpaired) electrons. The minimum Gasteiger partial charge on any atom is -0.437 e. The van der Waals surface area contributed by atoms with Crippen molar-refractivity contribution in [3.63, 3.8) is 0 Å². The zero-order valence-corrected chi connectivity index (χ0v) is 10.2. The highest BCUT2D eigenvalue weighted by atomic mass is 35.5. The van der Waals surface area contributed by atoms with Crippen LogP contribution in [0.3, 0.4) is 0 Å². The van der Waals surface area contributed by atoms with E-state index in [4.69, 9.17) is 16.3 Å². The van der Waals surface area contributed by atoms with Gasteiger partial charge in [-0.25, -0.2) is 4.98 Å². The van der Waals surface area contributed by atoms with E-state index in [1.54, 1.807) is 30.1 Å². The molecule has 0 bridgehead atoms. The molecule has 0 aliphatic heterocycles.